The van der Waals surface area contributed by atoms with Crippen molar-refractivity contribution in [2.45, 2.75) is 12.8 Å². The van der Waals surface area contributed by atoms with Crippen molar-refractivity contribution in [3.63, 3.8) is 0 Å². The Morgan fingerprint density at radius 2 is 2.00 bits per heavy atom. The molecule has 1 aromatic carbocycles. The van der Waals surface area contributed by atoms with Gasteiger partial charge in [0.05, 0.1) is 6.26 Å². The van der Waals surface area contributed by atoms with E-state index in [-0.39, 0.29) is 6.29 Å². The van der Waals surface area contributed by atoms with E-state index in [4.69, 9.17) is 13.9 Å². The minimum Gasteiger partial charge on any atom is -0.464 e. The lowest BCUT2D eigenvalue weighted by Crippen LogP contribution is -2.29. The molecule has 0 aliphatic rings. The molecule has 1 heterocycles. The Morgan fingerprint density at radius 1 is 1.24 bits per heavy atom. The van der Waals surface area contributed by atoms with Crippen molar-refractivity contribution in [3.05, 3.63) is 36.1 Å². The third kappa shape index (κ3) is 2.85. The third-order valence-corrected chi connectivity index (χ3v) is 2.71. The highest BCUT2D eigenvalue weighted by molar-refractivity contribution is 5.80. The van der Waals surface area contributed by atoms with Gasteiger partial charge in [0.15, 0.2) is 6.29 Å². The molecular formula is C13H17NO3. The summed E-state index contributed by atoms with van der Waals surface area (Å²) in [5, 5.41) is 4.42. The summed E-state index contributed by atoms with van der Waals surface area (Å²) in [6.07, 6.45) is 1.57. The maximum absolute atomic E-state index is 5.46. The second-order valence-corrected chi connectivity index (χ2v) is 3.79. The summed E-state index contributed by atoms with van der Waals surface area (Å²) >= 11 is 0. The standard InChI is InChI=1S/C13H17NO3/c1-15-13(16-2)8-14-7-10-9-17-12-6-4-3-5-11(10)12/h3-6,9,13-14H,7-8H2,1-2H3. The van der Waals surface area contributed by atoms with E-state index in [1.807, 2.05) is 18.2 Å². The molecule has 17 heavy (non-hydrogen) atoms. The molecule has 2 rings (SSSR count). The van der Waals surface area contributed by atoms with Crippen LogP contribution < -0.4 is 5.32 Å². The highest BCUT2D eigenvalue weighted by Gasteiger charge is 2.07. The quantitative estimate of drug-likeness (QED) is 0.779. The molecule has 0 amide bonds. The number of furan rings is 1. The molecule has 0 bridgehead atoms. The fourth-order valence-corrected chi connectivity index (χ4v) is 1.76. The summed E-state index contributed by atoms with van der Waals surface area (Å²) in [6.45, 7) is 1.38. The number of para-hydroxylation sites is 1. The van der Waals surface area contributed by atoms with Crippen molar-refractivity contribution < 1.29 is 13.9 Å². The average molecular weight is 235 g/mol. The Bertz CT molecular complexity index is 462. The fraction of sp³-hybridized carbons (Fsp3) is 0.385. The van der Waals surface area contributed by atoms with Gasteiger partial charge in [0, 0.05) is 38.3 Å². The van der Waals surface area contributed by atoms with Crippen LogP contribution in [0.3, 0.4) is 0 Å². The van der Waals surface area contributed by atoms with Crippen molar-refractivity contribution >= 4 is 11.0 Å². The predicted octanol–water partition coefficient (Wildman–Crippen LogP) is 2.14. The Labute approximate surface area is 101 Å². The average Bonchev–Trinajstić information content (AvgIpc) is 2.78. The van der Waals surface area contributed by atoms with E-state index < -0.39 is 0 Å². The van der Waals surface area contributed by atoms with E-state index in [0.29, 0.717) is 6.54 Å². The van der Waals surface area contributed by atoms with Crippen LogP contribution in [0, 0.1) is 0 Å². The number of nitrogens with one attached hydrogen (secondary N) is 1. The van der Waals surface area contributed by atoms with Crippen LogP contribution in [0.1, 0.15) is 5.56 Å². The topological polar surface area (TPSA) is 43.6 Å². The van der Waals surface area contributed by atoms with E-state index in [1.165, 1.54) is 0 Å². The van der Waals surface area contributed by atoms with Gasteiger partial charge < -0.3 is 19.2 Å². The van der Waals surface area contributed by atoms with E-state index >= 15 is 0 Å². The van der Waals surface area contributed by atoms with Crippen LogP contribution in [0.5, 0.6) is 0 Å². The van der Waals surface area contributed by atoms with Gasteiger partial charge in [-0.05, 0) is 6.07 Å². The number of rotatable bonds is 6. The van der Waals surface area contributed by atoms with Gasteiger partial charge in [0.25, 0.3) is 0 Å². The second kappa shape index (κ2) is 5.82. The third-order valence-electron chi connectivity index (χ3n) is 2.71. The first-order valence-corrected chi connectivity index (χ1v) is 5.56. The molecule has 0 aliphatic carbocycles. The zero-order valence-electron chi connectivity index (χ0n) is 10.1. The first-order chi connectivity index (χ1) is 8.35. The SMILES string of the molecule is COC(CNCc1coc2ccccc12)OC. The molecule has 2 aromatic rings. The second-order valence-electron chi connectivity index (χ2n) is 3.79. The maximum Gasteiger partial charge on any atom is 0.169 e. The summed E-state index contributed by atoms with van der Waals surface area (Å²) in [5.74, 6) is 0. The Kier molecular flexibility index (Phi) is 4.14. The molecule has 4 nitrogen and oxygen atoms in total. The summed E-state index contributed by atoms with van der Waals surface area (Å²) in [4.78, 5) is 0. The van der Waals surface area contributed by atoms with Crippen LogP contribution >= 0.6 is 0 Å². The number of fused-ring (bicyclic) bond motifs is 1. The van der Waals surface area contributed by atoms with Crippen LogP contribution in [-0.4, -0.2) is 27.1 Å². The van der Waals surface area contributed by atoms with Crippen molar-refractivity contribution in [1.82, 2.24) is 5.32 Å². The van der Waals surface area contributed by atoms with Crippen LogP contribution in [-0.2, 0) is 16.0 Å². The molecule has 0 saturated carbocycles. The van der Waals surface area contributed by atoms with E-state index in [1.54, 1.807) is 20.5 Å². The van der Waals surface area contributed by atoms with E-state index in [9.17, 15) is 0 Å². The first kappa shape index (κ1) is 12.1. The summed E-state index contributed by atoms with van der Waals surface area (Å²) in [7, 11) is 3.26. The number of ether oxygens (including phenoxy) is 2. The van der Waals surface area contributed by atoms with E-state index in [0.717, 1.165) is 23.1 Å². The molecule has 0 saturated heterocycles. The van der Waals surface area contributed by atoms with Gasteiger partial charge in [-0.2, -0.15) is 0 Å². The normalized spacial score (nSPS) is 11.5. The zero-order chi connectivity index (χ0) is 12.1. The molecule has 0 unspecified atom stereocenters. The van der Waals surface area contributed by atoms with Crippen molar-refractivity contribution in [1.29, 1.82) is 0 Å². The summed E-state index contributed by atoms with van der Waals surface area (Å²) in [6, 6.07) is 8.00. The monoisotopic (exact) mass is 235 g/mol. The molecule has 4 heteroatoms. The van der Waals surface area contributed by atoms with Crippen molar-refractivity contribution in [2.75, 3.05) is 20.8 Å². The first-order valence-electron chi connectivity index (χ1n) is 5.56. The largest absolute Gasteiger partial charge is 0.464 e. The van der Waals surface area contributed by atoms with Crippen LogP contribution in [0.2, 0.25) is 0 Å². The van der Waals surface area contributed by atoms with Crippen LogP contribution in [0.15, 0.2) is 34.9 Å². The summed E-state index contributed by atoms with van der Waals surface area (Å²) < 4.78 is 15.7. The van der Waals surface area contributed by atoms with Crippen molar-refractivity contribution in [2.24, 2.45) is 0 Å². The summed E-state index contributed by atoms with van der Waals surface area (Å²) in [5.41, 5.74) is 2.06. The Balaban J connectivity index is 1.95. The highest BCUT2D eigenvalue weighted by atomic mass is 16.7. The minimum atomic E-state index is -0.215. The molecule has 0 atom stereocenters. The van der Waals surface area contributed by atoms with E-state index in [2.05, 4.69) is 11.4 Å². The van der Waals surface area contributed by atoms with Gasteiger partial charge in [0.2, 0.25) is 0 Å². The zero-order valence-corrected chi connectivity index (χ0v) is 10.1. The lowest BCUT2D eigenvalue weighted by atomic mass is 10.2. The number of benzene rings is 1. The molecule has 0 fully saturated rings. The fourth-order valence-electron chi connectivity index (χ4n) is 1.76. The molecule has 92 valence electrons. The van der Waals surface area contributed by atoms with Gasteiger partial charge in [-0.3, -0.25) is 0 Å². The number of hydrogen-bond donors (Lipinski definition) is 1. The molecule has 1 aromatic heterocycles. The molecular weight excluding hydrogens is 218 g/mol. The Morgan fingerprint density at radius 3 is 2.76 bits per heavy atom. The van der Waals surface area contributed by atoms with Crippen molar-refractivity contribution in [3.8, 4) is 0 Å². The lowest BCUT2D eigenvalue weighted by molar-refractivity contribution is -0.0989. The Hall–Kier alpha value is -1.36. The van der Waals surface area contributed by atoms with Gasteiger partial charge in [-0.15, -0.1) is 0 Å². The highest BCUT2D eigenvalue weighted by Crippen LogP contribution is 2.20. The van der Waals surface area contributed by atoms with Crippen LogP contribution in [0.25, 0.3) is 11.0 Å². The molecule has 0 radical (unpaired) electrons. The molecule has 1 N–H and O–H groups in total. The molecule has 0 aliphatic heterocycles. The van der Waals surface area contributed by atoms with Gasteiger partial charge in [-0.1, -0.05) is 18.2 Å². The maximum atomic E-state index is 5.46. The van der Waals surface area contributed by atoms with Crippen LogP contribution in [0.4, 0.5) is 0 Å². The van der Waals surface area contributed by atoms with Gasteiger partial charge in [-0.25, -0.2) is 0 Å². The van der Waals surface area contributed by atoms with Gasteiger partial charge >= 0.3 is 0 Å². The van der Waals surface area contributed by atoms with Gasteiger partial charge in [0.1, 0.15) is 5.58 Å². The smallest absolute Gasteiger partial charge is 0.169 e. The number of methoxy groups -OCH3 is 2. The molecule has 0 spiro atoms. The predicted molar refractivity (Wildman–Crippen MR) is 65.7 cm³/mol. The number of hydrogen-bond acceptors (Lipinski definition) is 4. The lowest BCUT2D eigenvalue weighted by Gasteiger charge is -2.13. The minimum absolute atomic E-state index is 0.215.